The Morgan fingerprint density at radius 2 is 1.15 bits per heavy atom. The molecule has 0 bridgehead atoms. The van der Waals surface area contributed by atoms with Crippen LogP contribution in [-0.4, -0.2) is 23.1 Å². The summed E-state index contributed by atoms with van der Waals surface area (Å²) in [6.45, 7) is 13.6. The van der Waals surface area contributed by atoms with Crippen LogP contribution in [-0.2, 0) is 29.1 Å². The van der Waals surface area contributed by atoms with Crippen molar-refractivity contribution in [3.05, 3.63) is 25.3 Å². The molecule has 0 aromatic carbocycles. The Kier molecular flexibility index (Phi) is 7.17. The lowest BCUT2D eigenvalue weighted by molar-refractivity contribution is -0.337. The predicted molar refractivity (Wildman–Crippen MR) is 72.1 cm³/mol. The molecule has 0 amide bonds. The van der Waals surface area contributed by atoms with Gasteiger partial charge in [0.25, 0.3) is 0 Å². The highest BCUT2D eigenvalue weighted by atomic mass is 17.2. The molecule has 0 aromatic heterocycles. The van der Waals surface area contributed by atoms with Crippen LogP contribution >= 0.6 is 0 Å². The zero-order valence-electron chi connectivity index (χ0n) is 12.4. The molecule has 114 valence electrons. The highest BCUT2D eigenvalue weighted by Crippen LogP contribution is 2.25. The van der Waals surface area contributed by atoms with E-state index in [1.54, 1.807) is 27.7 Å². The van der Waals surface area contributed by atoms with Crippen molar-refractivity contribution in [1.29, 1.82) is 0 Å². The second-order valence-corrected chi connectivity index (χ2v) is 5.40. The number of rotatable bonds is 9. The zero-order valence-corrected chi connectivity index (χ0v) is 12.4. The lowest BCUT2D eigenvalue weighted by Crippen LogP contribution is -2.32. The van der Waals surface area contributed by atoms with Gasteiger partial charge in [0.1, 0.15) is 11.2 Å². The summed E-state index contributed by atoms with van der Waals surface area (Å²) in [6, 6.07) is 0. The van der Waals surface area contributed by atoms with Crippen LogP contribution in [0.25, 0.3) is 0 Å². The molecule has 0 radical (unpaired) electrons. The maximum atomic E-state index is 10.9. The molecule has 0 saturated heterocycles. The van der Waals surface area contributed by atoms with E-state index >= 15 is 0 Å². The molecule has 0 N–H and O–H groups in total. The third-order valence-electron chi connectivity index (χ3n) is 2.36. The van der Waals surface area contributed by atoms with Gasteiger partial charge >= 0.3 is 11.9 Å². The first-order valence-corrected chi connectivity index (χ1v) is 6.16. The highest BCUT2D eigenvalue weighted by molar-refractivity contribution is 5.80. The van der Waals surface area contributed by atoms with E-state index in [4.69, 9.17) is 9.78 Å². The fourth-order valence-corrected chi connectivity index (χ4v) is 1.06. The Morgan fingerprint density at radius 3 is 1.40 bits per heavy atom. The quantitative estimate of drug-likeness (QED) is 0.368. The smallest absolute Gasteiger partial charge is 0.293 e. The molecule has 0 atom stereocenters. The van der Waals surface area contributed by atoms with E-state index in [9.17, 15) is 9.59 Å². The molecule has 0 heterocycles. The van der Waals surface area contributed by atoms with Gasteiger partial charge in [-0.05, 0) is 40.5 Å². The van der Waals surface area contributed by atoms with Crippen LogP contribution in [0.4, 0.5) is 0 Å². The SMILES string of the molecule is C=CC(=O)OOC(C)(C)CCC(C)(C)OOC(=O)C=C. The van der Waals surface area contributed by atoms with E-state index in [0.29, 0.717) is 12.8 Å². The average molecular weight is 286 g/mol. The first-order valence-electron chi connectivity index (χ1n) is 6.16. The standard InChI is InChI=1S/C14H22O6/c1-7-11(15)17-19-13(3,4)9-10-14(5,6)20-18-12(16)8-2/h7-8H,1-2,9-10H2,3-6H3. The number of carbonyl (C=O) groups is 2. The second-order valence-electron chi connectivity index (χ2n) is 5.40. The van der Waals surface area contributed by atoms with Crippen LogP contribution in [0.5, 0.6) is 0 Å². The molecule has 0 aromatic rings. The van der Waals surface area contributed by atoms with Crippen LogP contribution in [0.3, 0.4) is 0 Å². The van der Waals surface area contributed by atoms with Gasteiger partial charge < -0.3 is 0 Å². The van der Waals surface area contributed by atoms with Crippen molar-refractivity contribution in [1.82, 2.24) is 0 Å². The monoisotopic (exact) mass is 286 g/mol. The summed E-state index contributed by atoms with van der Waals surface area (Å²) < 4.78 is 0. The van der Waals surface area contributed by atoms with Gasteiger partial charge in [0.05, 0.1) is 0 Å². The Balaban J connectivity index is 4.21. The third-order valence-corrected chi connectivity index (χ3v) is 2.36. The highest BCUT2D eigenvalue weighted by Gasteiger charge is 2.29. The van der Waals surface area contributed by atoms with Gasteiger partial charge in [-0.15, -0.1) is 0 Å². The van der Waals surface area contributed by atoms with Gasteiger partial charge in [-0.25, -0.2) is 9.59 Å². The third kappa shape index (κ3) is 8.44. The van der Waals surface area contributed by atoms with Crippen LogP contribution in [0.1, 0.15) is 40.5 Å². The maximum absolute atomic E-state index is 10.9. The fourth-order valence-electron chi connectivity index (χ4n) is 1.06. The van der Waals surface area contributed by atoms with Crippen LogP contribution in [0.15, 0.2) is 25.3 Å². The van der Waals surface area contributed by atoms with Gasteiger partial charge in [0, 0.05) is 12.2 Å². The molecule has 6 nitrogen and oxygen atoms in total. The first-order chi connectivity index (χ1) is 9.12. The van der Waals surface area contributed by atoms with Gasteiger partial charge in [-0.1, -0.05) is 13.2 Å². The summed E-state index contributed by atoms with van der Waals surface area (Å²) in [4.78, 5) is 41.0. The largest absolute Gasteiger partial charge is 0.365 e. The van der Waals surface area contributed by atoms with E-state index in [0.717, 1.165) is 12.2 Å². The van der Waals surface area contributed by atoms with Gasteiger partial charge in [-0.2, -0.15) is 9.78 Å². The Labute approximate surface area is 119 Å². The minimum absolute atomic E-state index is 0.510. The minimum atomic E-state index is -0.707. The molecule has 0 rings (SSSR count). The summed E-state index contributed by atoms with van der Waals surface area (Å²) in [7, 11) is 0. The molecule has 0 spiro atoms. The Morgan fingerprint density at radius 1 is 0.850 bits per heavy atom. The van der Waals surface area contributed by atoms with Crippen molar-refractivity contribution in [2.75, 3.05) is 0 Å². The summed E-state index contributed by atoms with van der Waals surface area (Å²) in [5, 5.41) is 0. The molecule has 0 fully saturated rings. The molecule has 20 heavy (non-hydrogen) atoms. The van der Waals surface area contributed by atoms with Crippen molar-refractivity contribution < 1.29 is 29.1 Å². The number of carbonyl (C=O) groups excluding carboxylic acids is 2. The lowest BCUT2D eigenvalue weighted by atomic mass is 9.94. The minimum Gasteiger partial charge on any atom is -0.293 e. The first kappa shape index (κ1) is 18.3. The second kappa shape index (κ2) is 7.81. The van der Waals surface area contributed by atoms with Crippen LogP contribution < -0.4 is 0 Å². The number of hydrogen-bond donors (Lipinski definition) is 0. The van der Waals surface area contributed by atoms with E-state index < -0.39 is 23.1 Å². The molecule has 0 unspecified atom stereocenters. The van der Waals surface area contributed by atoms with E-state index in [2.05, 4.69) is 22.9 Å². The fraction of sp³-hybridized carbons (Fsp3) is 0.571. The van der Waals surface area contributed by atoms with E-state index in [1.807, 2.05) is 0 Å². The summed E-state index contributed by atoms with van der Waals surface area (Å²) in [5.41, 5.74) is -1.41. The van der Waals surface area contributed by atoms with Gasteiger partial charge in [-0.3, -0.25) is 9.78 Å². The predicted octanol–water partition coefficient (Wildman–Crippen LogP) is 2.65. The summed E-state index contributed by atoms with van der Waals surface area (Å²) in [5.74, 6) is -1.32. The summed E-state index contributed by atoms with van der Waals surface area (Å²) >= 11 is 0. The molecule has 0 aliphatic carbocycles. The molecule has 0 saturated carbocycles. The molecule has 0 aliphatic rings. The maximum Gasteiger partial charge on any atom is 0.365 e. The molecule has 6 heteroatoms. The Bertz CT molecular complexity index is 334. The topological polar surface area (TPSA) is 71.1 Å². The van der Waals surface area contributed by atoms with Crippen molar-refractivity contribution in [3.63, 3.8) is 0 Å². The molecular weight excluding hydrogens is 264 g/mol. The van der Waals surface area contributed by atoms with Gasteiger partial charge in [0.15, 0.2) is 0 Å². The van der Waals surface area contributed by atoms with E-state index in [1.165, 1.54) is 0 Å². The average Bonchev–Trinajstić information content (AvgIpc) is 2.40. The van der Waals surface area contributed by atoms with Crippen molar-refractivity contribution >= 4 is 11.9 Å². The van der Waals surface area contributed by atoms with Crippen LogP contribution in [0.2, 0.25) is 0 Å². The molecular formula is C14H22O6. The zero-order chi connectivity index (χ0) is 15.8. The van der Waals surface area contributed by atoms with Gasteiger partial charge in [0.2, 0.25) is 0 Å². The summed E-state index contributed by atoms with van der Waals surface area (Å²) in [6.07, 6.45) is 3.04. The van der Waals surface area contributed by atoms with Crippen molar-refractivity contribution in [3.8, 4) is 0 Å². The Hall–Kier alpha value is -1.66. The molecule has 0 aliphatic heterocycles. The number of hydrogen-bond acceptors (Lipinski definition) is 6. The van der Waals surface area contributed by atoms with E-state index in [-0.39, 0.29) is 0 Å². The van der Waals surface area contributed by atoms with Crippen molar-refractivity contribution in [2.24, 2.45) is 0 Å². The lowest BCUT2D eigenvalue weighted by Gasteiger charge is -2.28. The normalized spacial score (nSPS) is 11.6. The van der Waals surface area contributed by atoms with Crippen molar-refractivity contribution in [2.45, 2.75) is 51.7 Å². The van der Waals surface area contributed by atoms with Crippen LogP contribution in [0, 0.1) is 0 Å².